The first-order valence-electron chi connectivity index (χ1n) is 13.1. The number of benzene rings is 3. The number of nitrogens with one attached hydrogen (secondary N) is 1. The molecule has 2 aliphatic rings. The molecule has 0 bridgehead atoms. The van der Waals surface area contributed by atoms with Crippen molar-refractivity contribution < 1.29 is 18.7 Å². The summed E-state index contributed by atoms with van der Waals surface area (Å²) in [4.78, 5) is 27.8. The number of carbonyl (C=O) groups excluding carboxylic acids is 2. The fourth-order valence-electron chi connectivity index (χ4n) is 5.04. The van der Waals surface area contributed by atoms with Crippen molar-refractivity contribution in [1.82, 2.24) is 4.90 Å². The molecule has 0 spiro atoms. The van der Waals surface area contributed by atoms with E-state index in [1.54, 1.807) is 12.1 Å². The molecule has 1 N–H and O–H groups in total. The van der Waals surface area contributed by atoms with Crippen molar-refractivity contribution >= 4 is 17.5 Å². The number of hydrogen-bond acceptors (Lipinski definition) is 4. The molecule has 1 aliphatic heterocycles. The molecule has 6 heteroatoms. The van der Waals surface area contributed by atoms with E-state index < -0.39 is 0 Å². The number of carbonyl (C=O) groups is 2. The van der Waals surface area contributed by atoms with Gasteiger partial charge < -0.3 is 19.4 Å². The maximum absolute atomic E-state index is 13.2. The van der Waals surface area contributed by atoms with Crippen LogP contribution >= 0.6 is 0 Å². The first-order valence-corrected chi connectivity index (χ1v) is 13.1. The Balaban J connectivity index is 1.20. The van der Waals surface area contributed by atoms with E-state index in [1.807, 2.05) is 36.4 Å². The van der Waals surface area contributed by atoms with Crippen LogP contribution in [0.4, 0.5) is 5.69 Å². The highest BCUT2D eigenvalue weighted by molar-refractivity contribution is 6.02. The molecule has 1 aromatic heterocycles. The third-order valence-electron chi connectivity index (χ3n) is 7.25. The van der Waals surface area contributed by atoms with E-state index in [9.17, 15) is 9.59 Å². The van der Waals surface area contributed by atoms with Crippen molar-refractivity contribution in [3.63, 3.8) is 0 Å². The van der Waals surface area contributed by atoms with Gasteiger partial charge in [-0.1, -0.05) is 54.1 Å². The van der Waals surface area contributed by atoms with Gasteiger partial charge in [0.1, 0.15) is 18.1 Å². The lowest BCUT2D eigenvalue weighted by atomic mass is 9.87. The monoisotopic (exact) mass is 506 g/mol. The molecule has 1 saturated carbocycles. The first kappa shape index (κ1) is 24.0. The zero-order valence-corrected chi connectivity index (χ0v) is 21.4. The average Bonchev–Trinajstić information content (AvgIpc) is 3.69. The summed E-state index contributed by atoms with van der Waals surface area (Å²) in [6.45, 7) is 2.99. The van der Waals surface area contributed by atoms with Gasteiger partial charge in [-0.3, -0.25) is 9.59 Å². The predicted octanol–water partition coefficient (Wildman–Crippen LogP) is 6.30. The van der Waals surface area contributed by atoms with E-state index in [1.165, 1.54) is 11.1 Å². The molecule has 2 heterocycles. The average molecular weight is 507 g/mol. The largest absolute Gasteiger partial charge is 0.486 e. The number of ether oxygens (including phenoxy) is 1. The molecule has 4 aromatic rings. The zero-order chi connectivity index (χ0) is 26.1. The molecular weight excluding hydrogens is 476 g/mol. The molecule has 1 aliphatic carbocycles. The number of anilines is 1. The molecule has 0 radical (unpaired) electrons. The number of aryl methyl sites for hydroxylation is 1. The minimum absolute atomic E-state index is 0.132. The second-order valence-corrected chi connectivity index (χ2v) is 10.1. The summed E-state index contributed by atoms with van der Waals surface area (Å²) >= 11 is 0. The van der Waals surface area contributed by atoms with E-state index in [-0.39, 0.29) is 36.1 Å². The quantitative estimate of drug-likeness (QED) is 0.319. The van der Waals surface area contributed by atoms with Crippen LogP contribution in [-0.2, 0) is 17.8 Å². The van der Waals surface area contributed by atoms with Gasteiger partial charge in [-0.05, 0) is 79.3 Å². The number of fused-ring (bicyclic) bond motifs is 1. The third kappa shape index (κ3) is 5.07. The number of para-hydroxylation sites is 1. The molecule has 1 atom stereocenters. The van der Waals surface area contributed by atoms with E-state index >= 15 is 0 Å². The van der Waals surface area contributed by atoms with Crippen LogP contribution in [0, 0.1) is 12.8 Å². The van der Waals surface area contributed by atoms with Crippen molar-refractivity contribution in [3.05, 3.63) is 119 Å². The fraction of sp³-hybridized carbons (Fsp3) is 0.250. The minimum Gasteiger partial charge on any atom is -0.486 e. The molecule has 2 amide bonds. The highest BCUT2D eigenvalue weighted by Crippen LogP contribution is 2.41. The SMILES string of the molecule is Cc1ccc(C2c3cc(OCc4ccc(C(=O)Nc5ccccc5)o4)ccc3CCN2C(=O)C2CC2)cc1. The lowest BCUT2D eigenvalue weighted by molar-refractivity contribution is -0.134. The molecule has 6 nitrogen and oxygen atoms in total. The van der Waals surface area contributed by atoms with E-state index in [2.05, 4.69) is 53.5 Å². The molecule has 38 heavy (non-hydrogen) atoms. The Morgan fingerprint density at radius 3 is 2.53 bits per heavy atom. The Morgan fingerprint density at radius 2 is 1.76 bits per heavy atom. The molecule has 6 rings (SSSR count). The van der Waals surface area contributed by atoms with Gasteiger partial charge in [-0.25, -0.2) is 0 Å². The second-order valence-electron chi connectivity index (χ2n) is 10.1. The Morgan fingerprint density at radius 1 is 0.974 bits per heavy atom. The van der Waals surface area contributed by atoms with Crippen LogP contribution in [0.15, 0.2) is 89.3 Å². The van der Waals surface area contributed by atoms with Gasteiger partial charge in [0.2, 0.25) is 5.91 Å². The second kappa shape index (κ2) is 10.2. The predicted molar refractivity (Wildman–Crippen MR) is 145 cm³/mol. The summed E-state index contributed by atoms with van der Waals surface area (Å²) in [5.41, 5.74) is 5.35. The summed E-state index contributed by atoms with van der Waals surface area (Å²) in [5, 5.41) is 2.82. The molecule has 1 unspecified atom stereocenters. The van der Waals surface area contributed by atoms with Crippen LogP contribution in [-0.4, -0.2) is 23.3 Å². The summed E-state index contributed by atoms with van der Waals surface area (Å²) in [6.07, 6.45) is 2.80. The van der Waals surface area contributed by atoms with Crippen molar-refractivity contribution in [3.8, 4) is 5.75 Å². The highest BCUT2D eigenvalue weighted by Gasteiger charge is 2.39. The number of nitrogens with zero attached hydrogens (tertiary/aromatic N) is 1. The zero-order valence-electron chi connectivity index (χ0n) is 21.4. The summed E-state index contributed by atoms with van der Waals surface area (Å²) in [7, 11) is 0. The van der Waals surface area contributed by atoms with E-state index in [0.717, 1.165) is 36.9 Å². The van der Waals surface area contributed by atoms with E-state index in [0.29, 0.717) is 17.2 Å². The number of rotatable bonds is 7. The molecular formula is C32H30N2O4. The summed E-state index contributed by atoms with van der Waals surface area (Å²) in [6, 6.07) is 27.1. The van der Waals surface area contributed by atoms with Crippen molar-refractivity contribution in [2.75, 3.05) is 11.9 Å². The van der Waals surface area contributed by atoms with Gasteiger partial charge in [0.15, 0.2) is 5.76 Å². The lowest BCUT2D eigenvalue weighted by Gasteiger charge is -2.38. The molecule has 3 aromatic carbocycles. The van der Waals surface area contributed by atoms with Crippen LogP contribution in [0.25, 0.3) is 0 Å². The third-order valence-corrected chi connectivity index (χ3v) is 7.25. The number of furan rings is 1. The van der Waals surface area contributed by atoms with Gasteiger partial charge >= 0.3 is 0 Å². The van der Waals surface area contributed by atoms with Crippen molar-refractivity contribution in [1.29, 1.82) is 0 Å². The number of hydrogen-bond donors (Lipinski definition) is 1. The minimum atomic E-state index is -0.308. The van der Waals surface area contributed by atoms with Crippen LogP contribution in [0.5, 0.6) is 5.75 Å². The van der Waals surface area contributed by atoms with Crippen LogP contribution in [0.2, 0.25) is 0 Å². The Kier molecular flexibility index (Phi) is 6.46. The Labute approximate surface area is 222 Å². The van der Waals surface area contributed by atoms with Crippen LogP contribution in [0.1, 0.15) is 57.5 Å². The van der Waals surface area contributed by atoms with Gasteiger partial charge in [0.05, 0.1) is 6.04 Å². The van der Waals surface area contributed by atoms with Crippen LogP contribution < -0.4 is 10.1 Å². The van der Waals surface area contributed by atoms with Gasteiger partial charge in [-0.2, -0.15) is 0 Å². The Hall–Kier alpha value is -4.32. The van der Waals surface area contributed by atoms with E-state index in [4.69, 9.17) is 9.15 Å². The van der Waals surface area contributed by atoms with Gasteiger partial charge in [-0.15, -0.1) is 0 Å². The van der Waals surface area contributed by atoms with Crippen LogP contribution in [0.3, 0.4) is 0 Å². The normalized spacial score (nSPS) is 16.6. The smallest absolute Gasteiger partial charge is 0.291 e. The molecule has 1 fully saturated rings. The molecule has 0 saturated heterocycles. The number of amides is 2. The Bertz CT molecular complexity index is 1450. The highest BCUT2D eigenvalue weighted by atomic mass is 16.5. The maximum atomic E-state index is 13.2. The topological polar surface area (TPSA) is 71.8 Å². The summed E-state index contributed by atoms with van der Waals surface area (Å²) < 4.78 is 11.8. The summed E-state index contributed by atoms with van der Waals surface area (Å²) in [5.74, 6) is 1.60. The first-order chi connectivity index (χ1) is 18.5. The van der Waals surface area contributed by atoms with Gasteiger partial charge in [0.25, 0.3) is 5.91 Å². The lowest BCUT2D eigenvalue weighted by Crippen LogP contribution is -2.41. The maximum Gasteiger partial charge on any atom is 0.291 e. The van der Waals surface area contributed by atoms with Crippen molar-refractivity contribution in [2.24, 2.45) is 5.92 Å². The van der Waals surface area contributed by atoms with Gasteiger partial charge in [0, 0.05) is 18.2 Å². The molecule has 192 valence electrons. The standard InChI is InChI=1S/C32H30N2O4/c1-21-7-9-23(10-8-21)30-28-19-26(14-13-22(28)17-18-34(30)32(36)24-11-12-24)37-20-27-15-16-29(38-27)31(35)33-25-5-3-2-4-6-25/h2-10,13-16,19,24,30H,11-12,17-18,20H2,1H3,(H,33,35). The fourth-order valence-corrected chi connectivity index (χ4v) is 5.04. The van der Waals surface area contributed by atoms with Crippen molar-refractivity contribution in [2.45, 2.75) is 38.8 Å².